The van der Waals surface area contributed by atoms with Crippen LogP contribution in [0, 0.1) is 0 Å². The van der Waals surface area contributed by atoms with Crippen molar-refractivity contribution in [2.75, 3.05) is 26.3 Å². The lowest BCUT2D eigenvalue weighted by Crippen LogP contribution is -2.42. The summed E-state index contributed by atoms with van der Waals surface area (Å²) in [6.45, 7) is 8.68. The van der Waals surface area contributed by atoms with Crippen molar-refractivity contribution >= 4 is 22.9 Å². The molecule has 1 N–H and O–H groups in total. The lowest BCUT2D eigenvalue weighted by Gasteiger charge is -2.33. The Kier molecular flexibility index (Phi) is 5.12. The number of nitrogens with one attached hydrogen (secondary N) is 1. The van der Waals surface area contributed by atoms with E-state index in [1.165, 1.54) is 5.56 Å². The van der Waals surface area contributed by atoms with Crippen LogP contribution in [0.1, 0.15) is 69.5 Å². The molecule has 2 aliphatic heterocycles. The number of rotatable bonds is 2. The molecule has 2 aliphatic rings. The maximum atomic E-state index is 12.6. The van der Waals surface area contributed by atoms with Gasteiger partial charge < -0.3 is 19.4 Å². The molecule has 3 aromatic rings. The number of imidazole rings is 1. The summed E-state index contributed by atoms with van der Waals surface area (Å²) >= 11 is 0. The third-order valence-electron chi connectivity index (χ3n) is 6.32. The van der Waals surface area contributed by atoms with Gasteiger partial charge in [0.25, 0.3) is 0 Å². The lowest BCUT2D eigenvalue weighted by molar-refractivity contribution is 0.0197. The van der Waals surface area contributed by atoms with Gasteiger partial charge in [0.05, 0.1) is 17.4 Å². The predicted molar refractivity (Wildman–Crippen MR) is 117 cm³/mol. The fourth-order valence-electron chi connectivity index (χ4n) is 4.80. The molecule has 0 aromatic carbocycles. The first kappa shape index (κ1) is 20.3. The van der Waals surface area contributed by atoms with Crippen molar-refractivity contribution < 1.29 is 14.3 Å². The molecule has 3 aromatic heterocycles. The van der Waals surface area contributed by atoms with E-state index in [9.17, 15) is 4.79 Å². The molecule has 0 aliphatic carbocycles. The first-order valence-corrected chi connectivity index (χ1v) is 11.3. The fraction of sp³-hybridized carbons (Fsp3) is 0.609. The molecule has 0 bridgehead atoms. The number of hydrogen-bond acceptors (Lipinski definition) is 5. The van der Waals surface area contributed by atoms with Crippen LogP contribution in [-0.4, -0.2) is 62.3 Å². The minimum Gasteiger partial charge on any atom is -0.444 e. The minimum absolute atomic E-state index is 0.196. The summed E-state index contributed by atoms with van der Waals surface area (Å²) in [6.07, 6.45) is 9.83. The molecular formula is C23H31N5O3. The second-order valence-electron chi connectivity index (χ2n) is 9.75. The van der Waals surface area contributed by atoms with Crippen molar-refractivity contribution in [1.29, 1.82) is 0 Å². The third kappa shape index (κ3) is 4.01. The largest absolute Gasteiger partial charge is 0.444 e. The van der Waals surface area contributed by atoms with Gasteiger partial charge in [0.2, 0.25) is 0 Å². The summed E-state index contributed by atoms with van der Waals surface area (Å²) in [5, 5.41) is 0. The standard InChI is InChI=1S/C23H31N5O3/c1-23(2,3)31-22(29)27-8-4-5-16(13-27)18-14-28-19(26-18)12-25-21-20(28)17(11-24-21)15-6-9-30-10-7-15/h11-12,14-16,24H,4-10,13H2,1-3H3. The Morgan fingerprint density at radius 2 is 2.03 bits per heavy atom. The van der Waals surface area contributed by atoms with Crippen molar-refractivity contribution in [2.24, 2.45) is 0 Å². The van der Waals surface area contributed by atoms with Gasteiger partial charge in [-0.3, -0.25) is 4.40 Å². The van der Waals surface area contributed by atoms with Crippen molar-refractivity contribution in [2.45, 2.75) is 63.9 Å². The number of aromatic nitrogens is 4. The molecule has 166 valence electrons. The van der Waals surface area contributed by atoms with Gasteiger partial charge in [-0.05, 0) is 57.9 Å². The van der Waals surface area contributed by atoms with Gasteiger partial charge in [0.15, 0.2) is 11.3 Å². The lowest BCUT2D eigenvalue weighted by atomic mass is 9.93. The SMILES string of the molecule is CC(C)(C)OC(=O)N1CCCC(c2cn3c(cnc4[nH]cc(C5CCOCC5)c43)n2)C1. The Morgan fingerprint density at radius 3 is 2.81 bits per heavy atom. The summed E-state index contributed by atoms with van der Waals surface area (Å²) in [6, 6.07) is 0. The fourth-order valence-corrected chi connectivity index (χ4v) is 4.80. The molecule has 5 rings (SSSR count). The summed E-state index contributed by atoms with van der Waals surface area (Å²) in [5.74, 6) is 0.666. The zero-order valence-electron chi connectivity index (χ0n) is 18.6. The van der Waals surface area contributed by atoms with Crippen molar-refractivity contribution in [3.63, 3.8) is 0 Å². The highest BCUT2D eigenvalue weighted by atomic mass is 16.6. The monoisotopic (exact) mass is 425 g/mol. The van der Waals surface area contributed by atoms with Crippen LogP contribution in [0.3, 0.4) is 0 Å². The van der Waals surface area contributed by atoms with E-state index in [2.05, 4.69) is 26.8 Å². The van der Waals surface area contributed by atoms with Crippen LogP contribution in [0.25, 0.3) is 16.8 Å². The number of carbonyl (C=O) groups excluding carboxylic acids is 1. The molecule has 1 unspecified atom stereocenters. The second-order valence-corrected chi connectivity index (χ2v) is 9.75. The third-order valence-corrected chi connectivity index (χ3v) is 6.32. The van der Waals surface area contributed by atoms with Crippen molar-refractivity contribution in [3.8, 4) is 0 Å². The predicted octanol–water partition coefficient (Wildman–Crippen LogP) is 4.22. The zero-order valence-corrected chi connectivity index (χ0v) is 18.6. The molecule has 2 saturated heterocycles. The summed E-state index contributed by atoms with van der Waals surface area (Å²) in [7, 11) is 0. The average molecular weight is 426 g/mol. The molecule has 0 radical (unpaired) electrons. The van der Waals surface area contributed by atoms with E-state index in [-0.39, 0.29) is 12.0 Å². The van der Waals surface area contributed by atoms with E-state index in [0.29, 0.717) is 12.5 Å². The number of fused-ring (bicyclic) bond motifs is 3. The highest BCUT2D eigenvalue weighted by molar-refractivity contribution is 5.79. The van der Waals surface area contributed by atoms with Gasteiger partial charge >= 0.3 is 6.09 Å². The van der Waals surface area contributed by atoms with Gasteiger partial charge in [-0.25, -0.2) is 14.8 Å². The molecule has 31 heavy (non-hydrogen) atoms. The highest BCUT2D eigenvalue weighted by Crippen LogP contribution is 2.34. The molecule has 8 nitrogen and oxygen atoms in total. The topological polar surface area (TPSA) is 84.8 Å². The molecule has 0 spiro atoms. The van der Waals surface area contributed by atoms with E-state index < -0.39 is 5.60 Å². The minimum atomic E-state index is -0.487. The number of nitrogens with zero attached hydrogens (tertiary/aromatic N) is 4. The Labute approximate surface area is 181 Å². The summed E-state index contributed by atoms with van der Waals surface area (Å²) in [4.78, 5) is 27.3. The van der Waals surface area contributed by atoms with Crippen LogP contribution in [0.4, 0.5) is 4.79 Å². The number of piperidine rings is 1. The molecule has 8 heteroatoms. The van der Waals surface area contributed by atoms with Crippen LogP contribution in [-0.2, 0) is 9.47 Å². The molecule has 1 amide bonds. The number of aromatic amines is 1. The Balaban J connectivity index is 1.45. The van der Waals surface area contributed by atoms with Gasteiger partial charge in [0, 0.05) is 44.6 Å². The van der Waals surface area contributed by atoms with Gasteiger partial charge in [0.1, 0.15) is 5.60 Å². The first-order chi connectivity index (χ1) is 14.9. The van der Waals surface area contributed by atoms with Crippen molar-refractivity contribution in [3.05, 3.63) is 29.8 Å². The Bertz CT molecular complexity index is 1090. The quantitative estimate of drug-likeness (QED) is 0.665. The Morgan fingerprint density at radius 1 is 1.23 bits per heavy atom. The number of H-pyrrole nitrogens is 1. The molecule has 2 fully saturated rings. The second kappa shape index (κ2) is 7.82. The van der Waals surface area contributed by atoms with Crippen LogP contribution in [0.15, 0.2) is 18.6 Å². The normalized spacial score (nSPS) is 21.1. The van der Waals surface area contributed by atoms with Crippen molar-refractivity contribution in [1.82, 2.24) is 24.3 Å². The zero-order chi connectivity index (χ0) is 21.6. The van der Waals surface area contributed by atoms with Crippen LogP contribution in [0.2, 0.25) is 0 Å². The Hall–Kier alpha value is -2.61. The number of hydrogen-bond donors (Lipinski definition) is 1. The first-order valence-electron chi connectivity index (χ1n) is 11.3. The van der Waals surface area contributed by atoms with E-state index in [4.69, 9.17) is 14.5 Å². The molecule has 5 heterocycles. The average Bonchev–Trinajstić information content (AvgIpc) is 3.37. The summed E-state index contributed by atoms with van der Waals surface area (Å²) < 4.78 is 13.3. The maximum absolute atomic E-state index is 12.6. The number of likely N-dealkylation sites (tertiary alicyclic amines) is 1. The van der Waals surface area contributed by atoms with Gasteiger partial charge in [-0.1, -0.05) is 0 Å². The number of carbonyl (C=O) groups is 1. The summed E-state index contributed by atoms with van der Waals surface area (Å²) in [5.41, 5.74) is 4.67. The molecular weight excluding hydrogens is 394 g/mol. The molecule has 1 atom stereocenters. The number of amides is 1. The number of ether oxygens (including phenoxy) is 2. The van der Waals surface area contributed by atoms with Gasteiger partial charge in [-0.15, -0.1) is 0 Å². The van der Waals surface area contributed by atoms with Crippen LogP contribution < -0.4 is 0 Å². The van der Waals surface area contributed by atoms with Crippen LogP contribution >= 0.6 is 0 Å². The van der Waals surface area contributed by atoms with Crippen LogP contribution in [0.5, 0.6) is 0 Å². The van der Waals surface area contributed by atoms with E-state index in [1.54, 1.807) is 0 Å². The smallest absolute Gasteiger partial charge is 0.410 e. The van der Waals surface area contributed by atoms with E-state index in [0.717, 1.165) is 67.9 Å². The molecule has 0 saturated carbocycles. The maximum Gasteiger partial charge on any atom is 0.410 e. The van der Waals surface area contributed by atoms with E-state index >= 15 is 0 Å². The van der Waals surface area contributed by atoms with Gasteiger partial charge in [-0.2, -0.15) is 0 Å². The van der Waals surface area contributed by atoms with E-state index in [1.807, 2.05) is 31.9 Å². The highest BCUT2D eigenvalue weighted by Gasteiger charge is 2.30.